The van der Waals surface area contributed by atoms with Crippen LogP contribution in [0.25, 0.3) is 6.08 Å². The summed E-state index contributed by atoms with van der Waals surface area (Å²) in [6.45, 7) is 0.0420. The number of rotatable bonds is 4. The molecule has 0 aromatic heterocycles. The minimum Gasteiger partial charge on any atom is -0.493 e. The number of benzene rings is 2. The van der Waals surface area contributed by atoms with Crippen LogP contribution in [0.1, 0.15) is 5.56 Å². The summed E-state index contributed by atoms with van der Waals surface area (Å²) in [4.78, 5) is 38.6. The van der Waals surface area contributed by atoms with E-state index < -0.39 is 17.8 Å². The van der Waals surface area contributed by atoms with Gasteiger partial charge in [-0.15, -0.1) is 0 Å². The van der Waals surface area contributed by atoms with Crippen LogP contribution in [0.2, 0.25) is 5.02 Å². The standard InChI is InChI=1S/C20H15ClN2O7/c1-27-15-6-10(13(21)8-16(15)28-2)5-12-18(24)22-20(26)23(19(12)25)11-3-4-14-17(7-11)30-9-29-14/h3-8H,9H2,1-2H3,(H,22,24,26)/b12-5+. The second kappa shape index (κ2) is 7.60. The Labute approximate surface area is 175 Å². The molecule has 2 aliphatic rings. The van der Waals surface area contributed by atoms with Crippen LogP contribution in [0.4, 0.5) is 10.5 Å². The first-order valence-corrected chi connectivity index (χ1v) is 9.03. The third-order valence-corrected chi connectivity index (χ3v) is 4.85. The fraction of sp³-hybridized carbons (Fsp3) is 0.150. The predicted molar refractivity (Wildman–Crippen MR) is 106 cm³/mol. The van der Waals surface area contributed by atoms with Crippen LogP contribution in [0, 0.1) is 0 Å². The molecule has 2 aromatic carbocycles. The summed E-state index contributed by atoms with van der Waals surface area (Å²) < 4.78 is 20.9. The molecule has 0 saturated carbocycles. The van der Waals surface area contributed by atoms with Crippen molar-refractivity contribution in [3.8, 4) is 23.0 Å². The summed E-state index contributed by atoms with van der Waals surface area (Å²) in [5, 5.41) is 2.38. The number of barbiturate groups is 1. The van der Waals surface area contributed by atoms with E-state index in [0.29, 0.717) is 28.6 Å². The van der Waals surface area contributed by atoms with Crippen molar-refractivity contribution >= 4 is 41.2 Å². The first kappa shape index (κ1) is 19.6. The molecule has 2 heterocycles. The zero-order chi connectivity index (χ0) is 21.4. The molecular weight excluding hydrogens is 416 g/mol. The minimum absolute atomic E-state index is 0.0420. The van der Waals surface area contributed by atoms with Crippen LogP contribution < -0.4 is 29.2 Å². The lowest BCUT2D eigenvalue weighted by Gasteiger charge is -2.26. The van der Waals surface area contributed by atoms with Crippen LogP contribution in [0.15, 0.2) is 35.9 Å². The predicted octanol–water partition coefficient (Wildman–Crippen LogP) is 2.75. The van der Waals surface area contributed by atoms with Gasteiger partial charge in [0.1, 0.15) is 5.57 Å². The third-order valence-electron chi connectivity index (χ3n) is 4.52. The molecule has 1 N–H and O–H groups in total. The molecule has 0 atom stereocenters. The summed E-state index contributed by atoms with van der Waals surface area (Å²) in [5.74, 6) is -0.0188. The van der Waals surface area contributed by atoms with Gasteiger partial charge in [0.2, 0.25) is 6.79 Å². The van der Waals surface area contributed by atoms with Crippen LogP contribution in [-0.4, -0.2) is 38.9 Å². The van der Waals surface area contributed by atoms with E-state index >= 15 is 0 Å². The van der Waals surface area contributed by atoms with Crippen LogP contribution in [0.5, 0.6) is 23.0 Å². The topological polar surface area (TPSA) is 103 Å². The molecule has 2 aromatic rings. The average molecular weight is 431 g/mol. The fourth-order valence-corrected chi connectivity index (χ4v) is 3.26. The van der Waals surface area contributed by atoms with E-state index in [1.807, 2.05) is 0 Å². The maximum absolute atomic E-state index is 13.0. The molecule has 0 unspecified atom stereocenters. The number of ether oxygens (including phenoxy) is 4. The molecule has 4 rings (SSSR count). The maximum Gasteiger partial charge on any atom is 0.335 e. The average Bonchev–Trinajstić information content (AvgIpc) is 3.19. The van der Waals surface area contributed by atoms with Crippen molar-refractivity contribution in [1.82, 2.24) is 5.32 Å². The number of amides is 4. The van der Waals surface area contributed by atoms with E-state index in [2.05, 4.69) is 5.32 Å². The van der Waals surface area contributed by atoms with Crippen molar-refractivity contribution in [3.05, 3.63) is 46.5 Å². The Kier molecular flexibility index (Phi) is 4.96. The SMILES string of the molecule is COc1cc(Cl)c(/C=C2\C(=O)NC(=O)N(c3ccc4c(c3)OCO4)C2=O)cc1OC. The monoisotopic (exact) mass is 430 g/mol. The molecule has 0 aliphatic carbocycles. The number of urea groups is 1. The lowest BCUT2D eigenvalue weighted by molar-refractivity contribution is -0.122. The number of imide groups is 2. The smallest absolute Gasteiger partial charge is 0.335 e. The van der Waals surface area contributed by atoms with Crippen molar-refractivity contribution in [3.63, 3.8) is 0 Å². The van der Waals surface area contributed by atoms with Gasteiger partial charge in [-0.2, -0.15) is 0 Å². The van der Waals surface area contributed by atoms with Crippen LogP contribution in [0.3, 0.4) is 0 Å². The Bertz CT molecular complexity index is 1110. The lowest BCUT2D eigenvalue weighted by Crippen LogP contribution is -2.54. The van der Waals surface area contributed by atoms with Gasteiger partial charge >= 0.3 is 6.03 Å². The third kappa shape index (κ3) is 3.29. The van der Waals surface area contributed by atoms with Gasteiger partial charge in [0.25, 0.3) is 11.8 Å². The van der Waals surface area contributed by atoms with E-state index in [0.717, 1.165) is 4.90 Å². The van der Waals surface area contributed by atoms with Gasteiger partial charge in [-0.1, -0.05) is 11.6 Å². The Morgan fingerprint density at radius 1 is 1.03 bits per heavy atom. The molecule has 1 fully saturated rings. The van der Waals surface area contributed by atoms with Crippen LogP contribution in [-0.2, 0) is 9.59 Å². The van der Waals surface area contributed by atoms with Gasteiger partial charge in [-0.3, -0.25) is 14.9 Å². The molecule has 4 amide bonds. The number of hydrogen-bond acceptors (Lipinski definition) is 7. The lowest BCUT2D eigenvalue weighted by atomic mass is 10.1. The van der Waals surface area contributed by atoms with Crippen molar-refractivity contribution in [2.24, 2.45) is 0 Å². The number of anilines is 1. The van der Waals surface area contributed by atoms with E-state index in [9.17, 15) is 14.4 Å². The Morgan fingerprint density at radius 2 is 1.73 bits per heavy atom. The largest absolute Gasteiger partial charge is 0.493 e. The highest BCUT2D eigenvalue weighted by Crippen LogP contribution is 2.37. The number of hydrogen-bond donors (Lipinski definition) is 1. The number of carbonyl (C=O) groups excluding carboxylic acids is 3. The number of fused-ring (bicyclic) bond motifs is 1. The van der Waals surface area contributed by atoms with Gasteiger partial charge in [-0.05, 0) is 29.8 Å². The summed E-state index contributed by atoms with van der Waals surface area (Å²) >= 11 is 6.26. The second-order valence-electron chi connectivity index (χ2n) is 6.22. The molecular formula is C20H15ClN2O7. The molecule has 10 heteroatoms. The fourth-order valence-electron chi connectivity index (χ4n) is 3.05. The molecule has 0 radical (unpaired) electrons. The highest BCUT2D eigenvalue weighted by atomic mass is 35.5. The number of carbonyl (C=O) groups is 3. The van der Waals surface area contributed by atoms with Gasteiger partial charge in [0.15, 0.2) is 23.0 Å². The molecule has 154 valence electrons. The summed E-state index contributed by atoms with van der Waals surface area (Å²) in [6.07, 6.45) is 1.29. The molecule has 0 spiro atoms. The van der Waals surface area contributed by atoms with E-state index in [1.165, 1.54) is 44.6 Å². The molecule has 9 nitrogen and oxygen atoms in total. The molecule has 30 heavy (non-hydrogen) atoms. The number of nitrogens with zero attached hydrogens (tertiary/aromatic N) is 1. The quantitative estimate of drug-likeness (QED) is 0.587. The molecule has 1 saturated heterocycles. The maximum atomic E-state index is 13.0. The zero-order valence-corrected chi connectivity index (χ0v) is 16.6. The van der Waals surface area contributed by atoms with Gasteiger partial charge < -0.3 is 18.9 Å². The molecule has 2 aliphatic heterocycles. The van der Waals surface area contributed by atoms with Crippen molar-refractivity contribution in [2.75, 3.05) is 25.9 Å². The molecule has 0 bridgehead atoms. The summed E-state index contributed by atoms with van der Waals surface area (Å²) in [7, 11) is 2.90. The Hall–Kier alpha value is -3.72. The second-order valence-corrected chi connectivity index (χ2v) is 6.63. The zero-order valence-electron chi connectivity index (χ0n) is 15.9. The van der Waals surface area contributed by atoms with Crippen molar-refractivity contribution in [2.45, 2.75) is 0 Å². The Morgan fingerprint density at radius 3 is 2.47 bits per heavy atom. The van der Waals surface area contributed by atoms with Crippen molar-refractivity contribution in [1.29, 1.82) is 0 Å². The van der Waals surface area contributed by atoms with Crippen molar-refractivity contribution < 1.29 is 33.3 Å². The highest BCUT2D eigenvalue weighted by molar-refractivity contribution is 6.40. The first-order chi connectivity index (χ1) is 14.4. The normalized spacial score (nSPS) is 16.7. The van der Waals surface area contributed by atoms with Crippen LogP contribution >= 0.6 is 11.6 Å². The minimum atomic E-state index is -0.876. The first-order valence-electron chi connectivity index (χ1n) is 8.65. The highest BCUT2D eigenvalue weighted by Gasteiger charge is 2.37. The summed E-state index contributed by atoms with van der Waals surface area (Å²) in [5.41, 5.74) is 0.285. The number of halogens is 1. The van der Waals surface area contributed by atoms with Gasteiger partial charge in [0.05, 0.1) is 24.9 Å². The number of methoxy groups -OCH3 is 2. The van der Waals surface area contributed by atoms with E-state index in [4.69, 9.17) is 30.5 Å². The number of nitrogens with one attached hydrogen (secondary N) is 1. The van der Waals surface area contributed by atoms with Gasteiger partial charge in [0, 0.05) is 12.1 Å². The van der Waals surface area contributed by atoms with Gasteiger partial charge in [-0.25, -0.2) is 9.69 Å². The summed E-state index contributed by atoms with van der Waals surface area (Å²) in [6, 6.07) is 6.72. The van der Waals surface area contributed by atoms with E-state index in [1.54, 1.807) is 6.07 Å². The Balaban J connectivity index is 1.74. The van der Waals surface area contributed by atoms with E-state index in [-0.39, 0.29) is 23.1 Å².